The molecule has 0 spiro atoms. The summed E-state index contributed by atoms with van der Waals surface area (Å²) in [6.45, 7) is 2.73. The minimum atomic E-state index is 0.650. The van der Waals surface area contributed by atoms with Crippen LogP contribution in [0.3, 0.4) is 0 Å². The predicted molar refractivity (Wildman–Crippen MR) is 73.7 cm³/mol. The molecule has 1 aliphatic heterocycles. The van der Waals surface area contributed by atoms with Gasteiger partial charge in [-0.15, -0.1) is 0 Å². The van der Waals surface area contributed by atoms with Crippen LogP contribution in [0.4, 0.5) is 5.95 Å². The van der Waals surface area contributed by atoms with Crippen molar-refractivity contribution in [3.63, 3.8) is 0 Å². The average Bonchev–Trinajstić information content (AvgIpc) is 2.40. The molecule has 2 heterocycles. The molecule has 0 saturated carbocycles. The van der Waals surface area contributed by atoms with Gasteiger partial charge in [0.25, 0.3) is 0 Å². The molecular formula is C13H23N5. The first kappa shape index (κ1) is 13.2. The Balaban J connectivity index is 1.93. The highest BCUT2D eigenvalue weighted by Gasteiger charge is 2.21. The van der Waals surface area contributed by atoms with Crippen LogP contribution in [0.5, 0.6) is 0 Å². The lowest BCUT2D eigenvalue weighted by Gasteiger charge is -2.35. The van der Waals surface area contributed by atoms with Crippen LogP contribution >= 0.6 is 0 Å². The highest BCUT2D eigenvalue weighted by molar-refractivity contribution is 5.30. The van der Waals surface area contributed by atoms with Gasteiger partial charge in [0.2, 0.25) is 5.95 Å². The average molecular weight is 249 g/mol. The molecule has 2 N–H and O–H groups in total. The summed E-state index contributed by atoms with van der Waals surface area (Å²) in [5, 5.41) is 0. The van der Waals surface area contributed by atoms with Crippen molar-refractivity contribution in [3.05, 3.63) is 18.0 Å². The van der Waals surface area contributed by atoms with Gasteiger partial charge in [-0.3, -0.25) is 0 Å². The maximum absolute atomic E-state index is 5.51. The molecule has 18 heavy (non-hydrogen) atoms. The molecule has 0 bridgehead atoms. The molecule has 1 saturated heterocycles. The quantitative estimate of drug-likeness (QED) is 0.842. The number of piperidine rings is 1. The van der Waals surface area contributed by atoms with Crippen molar-refractivity contribution < 1.29 is 0 Å². The zero-order valence-corrected chi connectivity index (χ0v) is 11.3. The van der Waals surface area contributed by atoms with E-state index in [9.17, 15) is 0 Å². The summed E-state index contributed by atoms with van der Waals surface area (Å²) >= 11 is 0. The van der Waals surface area contributed by atoms with E-state index in [0.29, 0.717) is 12.6 Å². The van der Waals surface area contributed by atoms with Crippen LogP contribution in [0, 0.1) is 0 Å². The van der Waals surface area contributed by atoms with Gasteiger partial charge < -0.3 is 15.5 Å². The Morgan fingerprint density at radius 2 is 1.89 bits per heavy atom. The third kappa shape index (κ3) is 3.17. The van der Waals surface area contributed by atoms with Crippen LogP contribution in [-0.2, 0) is 6.42 Å². The minimum absolute atomic E-state index is 0.650. The molecule has 0 atom stereocenters. The van der Waals surface area contributed by atoms with E-state index in [-0.39, 0.29) is 0 Å². The van der Waals surface area contributed by atoms with E-state index in [1.807, 2.05) is 12.4 Å². The molecule has 1 aliphatic rings. The Morgan fingerprint density at radius 1 is 1.28 bits per heavy atom. The van der Waals surface area contributed by atoms with Gasteiger partial charge in [0, 0.05) is 31.5 Å². The molecule has 0 aromatic carbocycles. The van der Waals surface area contributed by atoms with Crippen LogP contribution in [0.2, 0.25) is 0 Å². The van der Waals surface area contributed by atoms with E-state index < -0.39 is 0 Å². The minimum Gasteiger partial charge on any atom is -0.341 e. The van der Waals surface area contributed by atoms with Crippen LogP contribution in [0.25, 0.3) is 0 Å². The molecule has 1 aromatic heterocycles. The van der Waals surface area contributed by atoms with Crippen LogP contribution in [-0.4, -0.2) is 54.6 Å². The van der Waals surface area contributed by atoms with E-state index in [1.54, 1.807) is 0 Å². The van der Waals surface area contributed by atoms with E-state index in [4.69, 9.17) is 5.73 Å². The summed E-state index contributed by atoms with van der Waals surface area (Å²) in [4.78, 5) is 13.5. The molecule has 0 unspecified atom stereocenters. The van der Waals surface area contributed by atoms with E-state index in [2.05, 4.69) is 33.9 Å². The van der Waals surface area contributed by atoms with E-state index >= 15 is 0 Å². The molecule has 0 radical (unpaired) electrons. The van der Waals surface area contributed by atoms with Gasteiger partial charge in [0.05, 0.1) is 0 Å². The molecule has 5 nitrogen and oxygen atoms in total. The summed E-state index contributed by atoms with van der Waals surface area (Å²) in [5.74, 6) is 0.855. The Morgan fingerprint density at radius 3 is 2.39 bits per heavy atom. The summed E-state index contributed by atoms with van der Waals surface area (Å²) in [6.07, 6.45) is 7.01. The normalized spacial score (nSPS) is 17.4. The number of rotatable bonds is 4. The second kappa shape index (κ2) is 6.11. The topological polar surface area (TPSA) is 58.3 Å². The largest absolute Gasteiger partial charge is 0.341 e. The number of anilines is 1. The van der Waals surface area contributed by atoms with Gasteiger partial charge in [-0.05, 0) is 45.5 Å². The molecule has 2 rings (SSSR count). The first-order valence-electron chi connectivity index (χ1n) is 6.63. The molecule has 1 fully saturated rings. The van der Waals surface area contributed by atoms with Crippen molar-refractivity contribution >= 4 is 5.95 Å². The van der Waals surface area contributed by atoms with Crippen molar-refractivity contribution in [2.75, 3.05) is 38.6 Å². The van der Waals surface area contributed by atoms with E-state index in [0.717, 1.165) is 31.0 Å². The Labute approximate surface area is 109 Å². The standard InChI is InChI=1S/C13H23N5/c1-17(2)12-4-7-18(8-5-12)13-15-9-11(3-6-14)10-16-13/h9-10,12H,3-8,14H2,1-2H3. The van der Waals surface area contributed by atoms with E-state index in [1.165, 1.54) is 12.8 Å². The van der Waals surface area contributed by atoms with Gasteiger partial charge >= 0.3 is 0 Å². The van der Waals surface area contributed by atoms with Crippen LogP contribution in [0.15, 0.2) is 12.4 Å². The SMILES string of the molecule is CN(C)C1CCN(c2ncc(CCN)cn2)CC1. The fourth-order valence-corrected chi connectivity index (χ4v) is 2.39. The van der Waals surface area contributed by atoms with Gasteiger partial charge in [0.15, 0.2) is 0 Å². The zero-order chi connectivity index (χ0) is 13.0. The van der Waals surface area contributed by atoms with Crippen LogP contribution < -0.4 is 10.6 Å². The molecule has 0 aliphatic carbocycles. The number of aromatic nitrogens is 2. The lowest BCUT2D eigenvalue weighted by Crippen LogP contribution is -2.42. The zero-order valence-electron chi connectivity index (χ0n) is 11.3. The fourth-order valence-electron chi connectivity index (χ4n) is 2.39. The lowest BCUT2D eigenvalue weighted by molar-refractivity contribution is 0.249. The van der Waals surface area contributed by atoms with Crippen molar-refractivity contribution in [2.24, 2.45) is 5.73 Å². The smallest absolute Gasteiger partial charge is 0.225 e. The Bertz CT molecular complexity index is 354. The van der Waals surface area contributed by atoms with Crippen LogP contribution in [0.1, 0.15) is 18.4 Å². The summed E-state index contributed by atoms with van der Waals surface area (Å²) in [6, 6.07) is 0.692. The van der Waals surface area contributed by atoms with Crippen molar-refractivity contribution in [2.45, 2.75) is 25.3 Å². The van der Waals surface area contributed by atoms with Crippen molar-refractivity contribution in [3.8, 4) is 0 Å². The summed E-state index contributed by atoms with van der Waals surface area (Å²) in [7, 11) is 4.30. The monoisotopic (exact) mass is 249 g/mol. The predicted octanol–water partition coefficient (Wildman–Crippen LogP) is 0.508. The lowest BCUT2D eigenvalue weighted by atomic mass is 10.0. The van der Waals surface area contributed by atoms with Crippen molar-refractivity contribution in [1.29, 1.82) is 0 Å². The second-order valence-corrected chi connectivity index (χ2v) is 5.11. The number of hydrogen-bond donors (Lipinski definition) is 1. The number of nitrogens with two attached hydrogens (primary N) is 1. The molecule has 0 amide bonds. The number of hydrogen-bond acceptors (Lipinski definition) is 5. The highest BCUT2D eigenvalue weighted by Crippen LogP contribution is 2.18. The van der Waals surface area contributed by atoms with Gasteiger partial charge in [-0.1, -0.05) is 0 Å². The fraction of sp³-hybridized carbons (Fsp3) is 0.692. The van der Waals surface area contributed by atoms with Gasteiger partial charge in [-0.2, -0.15) is 0 Å². The summed E-state index contributed by atoms with van der Waals surface area (Å²) < 4.78 is 0. The first-order valence-corrected chi connectivity index (χ1v) is 6.63. The van der Waals surface area contributed by atoms with Gasteiger partial charge in [0.1, 0.15) is 0 Å². The highest BCUT2D eigenvalue weighted by atomic mass is 15.3. The van der Waals surface area contributed by atoms with Crippen molar-refractivity contribution in [1.82, 2.24) is 14.9 Å². The summed E-state index contributed by atoms with van der Waals surface area (Å²) in [5.41, 5.74) is 6.63. The third-order valence-electron chi connectivity index (χ3n) is 3.60. The Hall–Kier alpha value is -1.20. The molecule has 1 aromatic rings. The Kier molecular flexibility index (Phi) is 4.49. The number of nitrogens with zero attached hydrogens (tertiary/aromatic N) is 4. The molecule has 100 valence electrons. The first-order chi connectivity index (χ1) is 8.70. The second-order valence-electron chi connectivity index (χ2n) is 5.11. The molecular weight excluding hydrogens is 226 g/mol. The van der Waals surface area contributed by atoms with Gasteiger partial charge in [-0.25, -0.2) is 9.97 Å². The third-order valence-corrected chi connectivity index (χ3v) is 3.60. The molecule has 5 heteroatoms. The maximum atomic E-state index is 5.51. The maximum Gasteiger partial charge on any atom is 0.225 e.